The van der Waals surface area contributed by atoms with Crippen LogP contribution in [0.25, 0.3) is 0 Å². The standard InChI is InChI=1S/C20H28N2O6/c1-20(7-5-9-23)6-4-8-22(20)13-17(24)21-16-11-14(18(25)27-2)10-15(12-16)19(26)28-3/h10-12,23H,4-9,13H2,1-3H3,(H,21,24). The van der Waals surface area contributed by atoms with E-state index in [4.69, 9.17) is 14.6 Å². The van der Waals surface area contributed by atoms with Crippen molar-refractivity contribution in [1.82, 2.24) is 4.90 Å². The van der Waals surface area contributed by atoms with Crippen LogP contribution in [0.15, 0.2) is 18.2 Å². The van der Waals surface area contributed by atoms with E-state index in [1.165, 1.54) is 32.4 Å². The number of methoxy groups -OCH3 is 2. The van der Waals surface area contributed by atoms with Crippen LogP contribution in [0.3, 0.4) is 0 Å². The quantitative estimate of drug-likeness (QED) is 0.650. The van der Waals surface area contributed by atoms with Crippen molar-refractivity contribution in [2.45, 2.75) is 38.1 Å². The first-order chi connectivity index (χ1) is 13.3. The summed E-state index contributed by atoms with van der Waals surface area (Å²) in [7, 11) is 2.48. The monoisotopic (exact) mass is 392 g/mol. The normalized spacial score (nSPS) is 19.3. The third-order valence-corrected chi connectivity index (χ3v) is 5.17. The highest BCUT2D eigenvalue weighted by atomic mass is 16.5. The van der Waals surface area contributed by atoms with Gasteiger partial charge in [0.05, 0.1) is 31.9 Å². The molecular formula is C20H28N2O6. The Hall–Kier alpha value is -2.45. The van der Waals surface area contributed by atoms with Crippen LogP contribution in [0.2, 0.25) is 0 Å². The van der Waals surface area contributed by atoms with E-state index in [0.717, 1.165) is 25.8 Å². The summed E-state index contributed by atoms with van der Waals surface area (Å²) in [5.74, 6) is -1.47. The number of benzene rings is 1. The van der Waals surface area contributed by atoms with Crippen LogP contribution < -0.4 is 5.32 Å². The number of aliphatic hydroxyl groups excluding tert-OH is 1. The first-order valence-corrected chi connectivity index (χ1v) is 9.30. The van der Waals surface area contributed by atoms with Gasteiger partial charge in [0.2, 0.25) is 5.91 Å². The maximum Gasteiger partial charge on any atom is 0.337 e. The predicted molar refractivity (Wildman–Crippen MR) is 103 cm³/mol. The number of carbonyl (C=O) groups is 3. The van der Waals surface area contributed by atoms with Crippen molar-refractivity contribution in [2.24, 2.45) is 0 Å². The summed E-state index contributed by atoms with van der Waals surface area (Å²) in [5.41, 5.74) is 0.499. The Morgan fingerprint density at radius 3 is 2.29 bits per heavy atom. The van der Waals surface area contributed by atoms with Gasteiger partial charge in [0, 0.05) is 17.8 Å². The molecule has 8 nitrogen and oxygen atoms in total. The summed E-state index contributed by atoms with van der Waals surface area (Å²) in [4.78, 5) is 38.4. The van der Waals surface area contributed by atoms with E-state index in [-0.39, 0.29) is 35.7 Å². The molecule has 1 aliphatic heterocycles. The minimum Gasteiger partial charge on any atom is -0.465 e. The first kappa shape index (κ1) is 21.8. The molecule has 1 unspecified atom stereocenters. The lowest BCUT2D eigenvalue weighted by atomic mass is 9.93. The second kappa shape index (κ2) is 9.66. The Bertz CT molecular complexity index is 701. The van der Waals surface area contributed by atoms with Crippen molar-refractivity contribution in [2.75, 3.05) is 39.2 Å². The minimum atomic E-state index is -0.614. The van der Waals surface area contributed by atoms with E-state index in [9.17, 15) is 14.4 Å². The molecule has 2 rings (SSSR count). The molecule has 8 heteroatoms. The summed E-state index contributed by atoms with van der Waals surface area (Å²) in [6, 6.07) is 4.29. The Morgan fingerprint density at radius 2 is 1.75 bits per heavy atom. The van der Waals surface area contributed by atoms with Crippen LogP contribution in [0.5, 0.6) is 0 Å². The second-order valence-electron chi connectivity index (χ2n) is 7.18. The van der Waals surface area contributed by atoms with Gasteiger partial charge < -0.3 is 19.9 Å². The highest BCUT2D eigenvalue weighted by Gasteiger charge is 2.36. The molecule has 1 aromatic carbocycles. The predicted octanol–water partition coefficient (Wildman–Crippen LogP) is 1.83. The number of anilines is 1. The van der Waals surface area contributed by atoms with Crippen molar-refractivity contribution in [3.63, 3.8) is 0 Å². The topological polar surface area (TPSA) is 105 Å². The minimum absolute atomic E-state index is 0.120. The first-order valence-electron chi connectivity index (χ1n) is 9.30. The molecule has 1 heterocycles. The summed E-state index contributed by atoms with van der Waals surface area (Å²) >= 11 is 0. The van der Waals surface area contributed by atoms with Crippen LogP contribution in [0, 0.1) is 0 Å². The second-order valence-corrected chi connectivity index (χ2v) is 7.18. The van der Waals surface area contributed by atoms with Gasteiger partial charge in [-0.05, 0) is 57.4 Å². The maximum atomic E-state index is 12.6. The van der Waals surface area contributed by atoms with Crippen molar-refractivity contribution in [1.29, 1.82) is 0 Å². The number of ether oxygens (including phenoxy) is 2. The van der Waals surface area contributed by atoms with Crippen LogP contribution in [0.4, 0.5) is 5.69 Å². The maximum absolute atomic E-state index is 12.6. The summed E-state index contributed by atoms with van der Waals surface area (Å²) in [5, 5.41) is 11.9. The zero-order valence-electron chi connectivity index (χ0n) is 16.6. The number of hydrogen-bond acceptors (Lipinski definition) is 7. The highest BCUT2D eigenvalue weighted by Crippen LogP contribution is 2.32. The summed E-state index contributed by atoms with van der Waals surface area (Å²) in [6.07, 6.45) is 3.49. The van der Waals surface area contributed by atoms with E-state index in [1.54, 1.807) is 0 Å². The lowest BCUT2D eigenvalue weighted by Gasteiger charge is -2.34. The summed E-state index contributed by atoms with van der Waals surface area (Å²) < 4.78 is 9.41. The molecule has 0 radical (unpaired) electrons. The molecular weight excluding hydrogens is 364 g/mol. The molecule has 2 N–H and O–H groups in total. The van der Waals surface area contributed by atoms with Crippen molar-refractivity contribution < 1.29 is 29.0 Å². The lowest BCUT2D eigenvalue weighted by Crippen LogP contribution is -2.45. The van der Waals surface area contributed by atoms with Crippen molar-refractivity contribution >= 4 is 23.5 Å². The zero-order chi connectivity index (χ0) is 20.7. The molecule has 154 valence electrons. The molecule has 1 amide bonds. The highest BCUT2D eigenvalue weighted by molar-refractivity contribution is 5.99. The third-order valence-electron chi connectivity index (χ3n) is 5.17. The van der Waals surface area contributed by atoms with Gasteiger partial charge in [-0.1, -0.05) is 0 Å². The molecule has 1 saturated heterocycles. The number of rotatable bonds is 8. The molecule has 0 aromatic heterocycles. The molecule has 1 fully saturated rings. The van der Waals surface area contributed by atoms with Gasteiger partial charge in [0.25, 0.3) is 0 Å². The van der Waals surface area contributed by atoms with E-state index in [2.05, 4.69) is 17.1 Å². The Morgan fingerprint density at radius 1 is 1.14 bits per heavy atom. The average Bonchev–Trinajstić information content (AvgIpc) is 3.05. The fourth-order valence-corrected chi connectivity index (χ4v) is 3.64. The molecule has 0 bridgehead atoms. The van der Waals surface area contributed by atoms with Gasteiger partial charge in [-0.3, -0.25) is 9.69 Å². The molecule has 1 atom stereocenters. The van der Waals surface area contributed by atoms with Crippen LogP contribution in [-0.4, -0.2) is 67.3 Å². The van der Waals surface area contributed by atoms with E-state index in [0.29, 0.717) is 12.1 Å². The molecule has 28 heavy (non-hydrogen) atoms. The molecule has 0 saturated carbocycles. The van der Waals surface area contributed by atoms with Gasteiger partial charge in [-0.2, -0.15) is 0 Å². The molecule has 1 aliphatic rings. The van der Waals surface area contributed by atoms with Gasteiger partial charge in [0.1, 0.15) is 0 Å². The number of likely N-dealkylation sites (tertiary alicyclic amines) is 1. The zero-order valence-corrected chi connectivity index (χ0v) is 16.6. The molecule has 0 aliphatic carbocycles. The van der Waals surface area contributed by atoms with Crippen LogP contribution in [0.1, 0.15) is 53.3 Å². The fraction of sp³-hybridized carbons (Fsp3) is 0.550. The number of hydrogen-bond donors (Lipinski definition) is 2. The Balaban J connectivity index is 2.14. The number of esters is 2. The molecule has 0 spiro atoms. The van der Waals surface area contributed by atoms with Crippen molar-refractivity contribution in [3.05, 3.63) is 29.3 Å². The van der Waals surface area contributed by atoms with Crippen LogP contribution in [-0.2, 0) is 14.3 Å². The SMILES string of the molecule is COC(=O)c1cc(NC(=O)CN2CCCC2(C)CCCO)cc(C(=O)OC)c1. The largest absolute Gasteiger partial charge is 0.465 e. The lowest BCUT2D eigenvalue weighted by molar-refractivity contribution is -0.118. The molecule has 1 aromatic rings. The van der Waals surface area contributed by atoms with E-state index >= 15 is 0 Å². The number of nitrogens with one attached hydrogen (secondary N) is 1. The van der Waals surface area contributed by atoms with Gasteiger partial charge in [0.15, 0.2) is 0 Å². The number of nitrogens with zero attached hydrogens (tertiary/aromatic N) is 1. The summed E-state index contributed by atoms with van der Waals surface area (Å²) in [6.45, 7) is 3.24. The number of amides is 1. The Kier molecular flexibility index (Phi) is 7.53. The number of aliphatic hydroxyl groups is 1. The number of carbonyl (C=O) groups excluding carboxylic acids is 3. The fourth-order valence-electron chi connectivity index (χ4n) is 3.64. The van der Waals surface area contributed by atoms with Gasteiger partial charge in [-0.15, -0.1) is 0 Å². The smallest absolute Gasteiger partial charge is 0.337 e. The third kappa shape index (κ3) is 5.30. The van der Waals surface area contributed by atoms with Gasteiger partial charge >= 0.3 is 11.9 Å². The average molecular weight is 392 g/mol. The van der Waals surface area contributed by atoms with E-state index in [1.807, 2.05) is 0 Å². The van der Waals surface area contributed by atoms with E-state index < -0.39 is 11.9 Å². The van der Waals surface area contributed by atoms with Crippen molar-refractivity contribution in [3.8, 4) is 0 Å². The van der Waals surface area contributed by atoms with Gasteiger partial charge in [-0.25, -0.2) is 9.59 Å². The van der Waals surface area contributed by atoms with Crippen LogP contribution >= 0.6 is 0 Å². The Labute approximate surface area is 164 Å².